The van der Waals surface area contributed by atoms with Crippen LogP contribution in [0.5, 0.6) is 0 Å². The zero-order valence-electron chi connectivity index (χ0n) is 13.3. The van der Waals surface area contributed by atoms with Crippen molar-refractivity contribution in [1.29, 1.82) is 0 Å². The van der Waals surface area contributed by atoms with Crippen molar-refractivity contribution in [2.24, 2.45) is 5.73 Å². The monoisotopic (exact) mass is 288 g/mol. The summed E-state index contributed by atoms with van der Waals surface area (Å²) in [5, 5.41) is 0. The lowest BCUT2D eigenvalue weighted by atomic mass is 9.82. The maximum absolute atomic E-state index is 6.68. The lowest BCUT2D eigenvalue weighted by molar-refractivity contribution is 0.0127. The SMILES string of the molecule is CN(C)C1(C(N)CC2OCCc3ccccc32)CCCC1. The second kappa shape index (κ2) is 6.07. The minimum Gasteiger partial charge on any atom is -0.373 e. The molecule has 0 aromatic heterocycles. The highest BCUT2D eigenvalue weighted by Crippen LogP contribution is 2.40. The first kappa shape index (κ1) is 15.0. The standard InChI is InChI=1S/C18H28N2O/c1-20(2)18(10-5-6-11-18)17(19)13-16-15-8-4-3-7-14(15)9-12-21-16/h3-4,7-8,16-17H,5-6,9-13,19H2,1-2H3. The number of rotatable bonds is 4. The van der Waals surface area contributed by atoms with Crippen LogP contribution in [0.15, 0.2) is 24.3 Å². The van der Waals surface area contributed by atoms with Crippen LogP contribution in [0.4, 0.5) is 0 Å². The van der Waals surface area contributed by atoms with Crippen molar-refractivity contribution in [3.05, 3.63) is 35.4 Å². The number of nitrogens with zero attached hydrogens (tertiary/aromatic N) is 1. The highest BCUT2D eigenvalue weighted by atomic mass is 16.5. The van der Waals surface area contributed by atoms with Crippen LogP contribution in [0.3, 0.4) is 0 Å². The zero-order chi connectivity index (χ0) is 14.9. The Morgan fingerprint density at radius 2 is 2.00 bits per heavy atom. The minimum atomic E-state index is 0.162. The first-order valence-electron chi connectivity index (χ1n) is 8.26. The quantitative estimate of drug-likeness (QED) is 0.926. The summed E-state index contributed by atoms with van der Waals surface area (Å²) in [6, 6.07) is 8.85. The molecule has 1 aromatic carbocycles. The first-order valence-corrected chi connectivity index (χ1v) is 8.26. The van der Waals surface area contributed by atoms with Gasteiger partial charge in [0.2, 0.25) is 0 Å². The van der Waals surface area contributed by atoms with Crippen LogP contribution in [0.2, 0.25) is 0 Å². The fourth-order valence-electron chi connectivity index (χ4n) is 4.26. The van der Waals surface area contributed by atoms with Crippen LogP contribution < -0.4 is 5.73 Å². The summed E-state index contributed by atoms with van der Waals surface area (Å²) in [6.07, 6.45) is 7.16. The predicted molar refractivity (Wildman–Crippen MR) is 86.3 cm³/mol. The zero-order valence-corrected chi connectivity index (χ0v) is 13.3. The highest BCUT2D eigenvalue weighted by molar-refractivity contribution is 5.31. The van der Waals surface area contributed by atoms with Crippen molar-refractivity contribution in [2.75, 3.05) is 20.7 Å². The predicted octanol–water partition coefficient (Wildman–Crippen LogP) is 2.89. The van der Waals surface area contributed by atoms with Crippen LogP contribution in [-0.2, 0) is 11.2 Å². The van der Waals surface area contributed by atoms with E-state index in [1.54, 1.807) is 0 Å². The van der Waals surface area contributed by atoms with Crippen molar-refractivity contribution in [2.45, 2.75) is 56.2 Å². The van der Waals surface area contributed by atoms with Gasteiger partial charge in [-0.2, -0.15) is 0 Å². The van der Waals surface area contributed by atoms with Crippen molar-refractivity contribution in [3.63, 3.8) is 0 Å². The van der Waals surface area contributed by atoms with E-state index in [1.165, 1.54) is 36.8 Å². The molecule has 3 heteroatoms. The van der Waals surface area contributed by atoms with E-state index in [9.17, 15) is 0 Å². The fraction of sp³-hybridized carbons (Fsp3) is 0.667. The molecule has 116 valence electrons. The Labute approximate surface area is 128 Å². The van der Waals surface area contributed by atoms with E-state index in [2.05, 4.69) is 43.3 Å². The molecular weight excluding hydrogens is 260 g/mol. The molecule has 3 rings (SSSR count). The first-order chi connectivity index (χ1) is 10.1. The molecule has 3 nitrogen and oxygen atoms in total. The van der Waals surface area contributed by atoms with Gasteiger partial charge in [-0.1, -0.05) is 37.1 Å². The summed E-state index contributed by atoms with van der Waals surface area (Å²) in [6.45, 7) is 0.823. The molecule has 1 heterocycles. The maximum Gasteiger partial charge on any atom is 0.0843 e. The molecule has 1 saturated carbocycles. The fourth-order valence-corrected chi connectivity index (χ4v) is 4.26. The van der Waals surface area contributed by atoms with Crippen molar-refractivity contribution < 1.29 is 4.74 Å². The lowest BCUT2D eigenvalue weighted by Crippen LogP contribution is -2.56. The molecule has 2 N–H and O–H groups in total. The van der Waals surface area contributed by atoms with E-state index in [1.807, 2.05) is 0 Å². The van der Waals surface area contributed by atoms with Gasteiger partial charge in [0.25, 0.3) is 0 Å². The molecule has 0 spiro atoms. The molecule has 1 fully saturated rings. The van der Waals surface area contributed by atoms with Crippen molar-refractivity contribution in [3.8, 4) is 0 Å². The number of hydrogen-bond donors (Lipinski definition) is 1. The Bertz CT molecular complexity index is 480. The number of likely N-dealkylation sites (N-methyl/N-ethyl adjacent to an activating group) is 1. The van der Waals surface area contributed by atoms with E-state index in [-0.39, 0.29) is 17.7 Å². The lowest BCUT2D eigenvalue weighted by Gasteiger charge is -2.43. The third kappa shape index (κ3) is 2.75. The van der Waals surface area contributed by atoms with Crippen LogP contribution in [0, 0.1) is 0 Å². The van der Waals surface area contributed by atoms with Gasteiger partial charge in [-0.05, 0) is 50.9 Å². The normalized spacial score (nSPS) is 25.8. The molecule has 1 aliphatic heterocycles. The molecule has 0 bridgehead atoms. The molecular formula is C18H28N2O. The average Bonchev–Trinajstić information content (AvgIpc) is 2.98. The average molecular weight is 288 g/mol. The minimum absolute atomic E-state index is 0.162. The Balaban J connectivity index is 1.78. The van der Waals surface area contributed by atoms with Gasteiger partial charge in [-0.15, -0.1) is 0 Å². The van der Waals surface area contributed by atoms with Gasteiger partial charge in [-0.3, -0.25) is 0 Å². The smallest absolute Gasteiger partial charge is 0.0843 e. The van der Waals surface area contributed by atoms with E-state index in [0.717, 1.165) is 19.4 Å². The number of hydrogen-bond acceptors (Lipinski definition) is 3. The molecule has 21 heavy (non-hydrogen) atoms. The molecule has 0 radical (unpaired) electrons. The van der Waals surface area contributed by atoms with Crippen LogP contribution in [-0.4, -0.2) is 37.2 Å². The summed E-state index contributed by atoms with van der Waals surface area (Å²) in [7, 11) is 4.36. The Kier molecular flexibility index (Phi) is 4.34. The highest BCUT2D eigenvalue weighted by Gasteiger charge is 2.42. The van der Waals surface area contributed by atoms with Gasteiger partial charge in [0.15, 0.2) is 0 Å². The Hall–Kier alpha value is -0.900. The van der Waals surface area contributed by atoms with Crippen LogP contribution in [0.25, 0.3) is 0 Å². The Morgan fingerprint density at radius 3 is 2.71 bits per heavy atom. The summed E-state index contributed by atoms with van der Waals surface area (Å²) in [5.74, 6) is 0. The molecule has 1 aromatic rings. The van der Waals surface area contributed by atoms with E-state index in [0.29, 0.717) is 0 Å². The van der Waals surface area contributed by atoms with Gasteiger partial charge < -0.3 is 15.4 Å². The molecule has 1 aliphatic carbocycles. The summed E-state index contributed by atoms with van der Waals surface area (Å²) in [5.41, 5.74) is 9.63. The third-order valence-electron chi connectivity index (χ3n) is 5.61. The second-order valence-corrected chi connectivity index (χ2v) is 6.86. The Morgan fingerprint density at radius 1 is 1.29 bits per heavy atom. The largest absolute Gasteiger partial charge is 0.373 e. The van der Waals surface area contributed by atoms with Crippen LogP contribution in [0.1, 0.15) is 49.3 Å². The summed E-state index contributed by atoms with van der Waals surface area (Å²) >= 11 is 0. The van der Waals surface area contributed by atoms with E-state index >= 15 is 0 Å². The molecule has 2 aliphatic rings. The number of fused-ring (bicyclic) bond motifs is 1. The molecule has 0 amide bonds. The third-order valence-corrected chi connectivity index (χ3v) is 5.61. The van der Waals surface area contributed by atoms with Gasteiger partial charge in [0, 0.05) is 11.6 Å². The van der Waals surface area contributed by atoms with Crippen molar-refractivity contribution >= 4 is 0 Å². The van der Waals surface area contributed by atoms with E-state index in [4.69, 9.17) is 10.5 Å². The molecule has 0 saturated heterocycles. The number of ether oxygens (including phenoxy) is 1. The summed E-state index contributed by atoms with van der Waals surface area (Å²) in [4.78, 5) is 2.36. The molecule has 2 unspecified atom stereocenters. The van der Waals surface area contributed by atoms with Gasteiger partial charge in [-0.25, -0.2) is 0 Å². The van der Waals surface area contributed by atoms with Crippen LogP contribution >= 0.6 is 0 Å². The van der Waals surface area contributed by atoms with Gasteiger partial charge in [0.1, 0.15) is 0 Å². The topological polar surface area (TPSA) is 38.5 Å². The maximum atomic E-state index is 6.68. The second-order valence-electron chi connectivity index (χ2n) is 6.86. The number of benzene rings is 1. The molecule has 2 atom stereocenters. The van der Waals surface area contributed by atoms with Gasteiger partial charge >= 0.3 is 0 Å². The van der Waals surface area contributed by atoms with E-state index < -0.39 is 0 Å². The number of nitrogens with two attached hydrogens (primary N) is 1. The van der Waals surface area contributed by atoms with Gasteiger partial charge in [0.05, 0.1) is 12.7 Å². The summed E-state index contributed by atoms with van der Waals surface area (Å²) < 4.78 is 6.06. The van der Waals surface area contributed by atoms with Crippen molar-refractivity contribution in [1.82, 2.24) is 4.90 Å².